The number of hydrogen-bond donors (Lipinski definition) is 2. The molecule has 1 amide bonds. The fourth-order valence-corrected chi connectivity index (χ4v) is 3.52. The minimum absolute atomic E-state index is 0.146. The molecule has 1 aromatic carbocycles. The zero-order valence-electron chi connectivity index (χ0n) is 10.9. The third-order valence-corrected chi connectivity index (χ3v) is 4.84. The summed E-state index contributed by atoms with van der Waals surface area (Å²) in [5, 5.41) is 14.3. The van der Waals surface area contributed by atoms with Crippen molar-refractivity contribution in [1.29, 1.82) is 0 Å². The molecule has 2 aromatic rings. The number of nitrogens with one attached hydrogen (secondary N) is 1. The fraction of sp³-hybridized carbons (Fsp3) is 0.200. The van der Waals surface area contributed by atoms with Crippen LogP contribution in [0.4, 0.5) is 0 Å². The number of carboxylic acid groups (broad SMARTS) is 1. The van der Waals surface area contributed by atoms with E-state index in [1.54, 1.807) is 23.6 Å². The van der Waals surface area contributed by atoms with Crippen molar-refractivity contribution in [3.05, 3.63) is 56.2 Å². The van der Waals surface area contributed by atoms with Gasteiger partial charge >= 0.3 is 5.97 Å². The van der Waals surface area contributed by atoms with E-state index < -0.39 is 5.97 Å². The van der Waals surface area contributed by atoms with E-state index in [4.69, 9.17) is 16.7 Å². The van der Waals surface area contributed by atoms with Gasteiger partial charge in [-0.05, 0) is 42.2 Å². The Morgan fingerprint density at radius 3 is 2.81 bits per heavy atom. The molecule has 1 unspecified atom stereocenters. The van der Waals surface area contributed by atoms with Crippen molar-refractivity contribution in [1.82, 2.24) is 5.32 Å². The first-order valence-corrected chi connectivity index (χ1v) is 7.71. The first-order chi connectivity index (χ1) is 10.0. The maximum atomic E-state index is 12.2. The number of amides is 1. The quantitative estimate of drug-likeness (QED) is 0.909. The molecule has 0 bridgehead atoms. The summed E-state index contributed by atoms with van der Waals surface area (Å²) < 4.78 is 0. The van der Waals surface area contributed by atoms with E-state index in [0.29, 0.717) is 9.90 Å². The van der Waals surface area contributed by atoms with E-state index >= 15 is 0 Å². The van der Waals surface area contributed by atoms with Gasteiger partial charge in [0.1, 0.15) is 0 Å². The van der Waals surface area contributed by atoms with Crippen LogP contribution in [0.25, 0.3) is 0 Å². The Morgan fingerprint density at radius 1 is 1.33 bits per heavy atom. The van der Waals surface area contributed by atoms with Crippen LogP contribution in [0.15, 0.2) is 29.6 Å². The molecule has 0 radical (unpaired) electrons. The Kier molecular flexibility index (Phi) is 3.69. The predicted molar refractivity (Wildman–Crippen MR) is 81.3 cm³/mol. The molecule has 2 N–H and O–H groups in total. The lowest BCUT2D eigenvalue weighted by Gasteiger charge is -2.14. The van der Waals surface area contributed by atoms with E-state index in [0.717, 1.165) is 24.0 Å². The van der Waals surface area contributed by atoms with Crippen molar-refractivity contribution >= 4 is 34.8 Å². The SMILES string of the molecule is O=C(O)c1ccc2c(c1)C(NC(=O)c1cc(Cl)cs1)CC2. The number of carbonyl (C=O) groups is 2. The Hall–Kier alpha value is -1.85. The van der Waals surface area contributed by atoms with Gasteiger partial charge in [0, 0.05) is 5.38 Å². The van der Waals surface area contributed by atoms with Crippen molar-refractivity contribution in [2.45, 2.75) is 18.9 Å². The number of carboxylic acids is 1. The van der Waals surface area contributed by atoms with Crippen molar-refractivity contribution in [2.24, 2.45) is 0 Å². The highest BCUT2D eigenvalue weighted by Gasteiger charge is 2.25. The van der Waals surface area contributed by atoms with E-state index in [1.807, 2.05) is 6.07 Å². The molecule has 0 saturated heterocycles. The maximum Gasteiger partial charge on any atom is 0.335 e. The molecular weight excluding hydrogens is 310 g/mol. The van der Waals surface area contributed by atoms with Crippen LogP contribution in [0.2, 0.25) is 5.02 Å². The average molecular weight is 322 g/mol. The minimum Gasteiger partial charge on any atom is -0.478 e. The van der Waals surface area contributed by atoms with Gasteiger partial charge in [0.15, 0.2) is 0 Å². The lowest BCUT2D eigenvalue weighted by molar-refractivity contribution is 0.0696. The second-order valence-electron chi connectivity index (χ2n) is 4.91. The number of benzene rings is 1. The van der Waals surface area contributed by atoms with Gasteiger partial charge < -0.3 is 10.4 Å². The molecule has 6 heteroatoms. The van der Waals surface area contributed by atoms with Crippen molar-refractivity contribution < 1.29 is 14.7 Å². The third kappa shape index (κ3) is 2.80. The van der Waals surface area contributed by atoms with Gasteiger partial charge in [-0.1, -0.05) is 17.7 Å². The first-order valence-electron chi connectivity index (χ1n) is 6.45. The number of thiophene rings is 1. The highest BCUT2D eigenvalue weighted by atomic mass is 35.5. The summed E-state index contributed by atoms with van der Waals surface area (Å²) in [6.07, 6.45) is 1.62. The number of rotatable bonds is 3. The molecule has 0 spiro atoms. The molecule has 1 aliphatic carbocycles. The molecule has 108 valence electrons. The fourth-order valence-electron chi connectivity index (χ4n) is 2.55. The molecule has 1 aromatic heterocycles. The van der Waals surface area contributed by atoms with Crippen LogP contribution in [-0.2, 0) is 6.42 Å². The summed E-state index contributed by atoms with van der Waals surface area (Å²) >= 11 is 7.12. The number of halogens is 1. The van der Waals surface area contributed by atoms with Crippen LogP contribution in [0.3, 0.4) is 0 Å². The van der Waals surface area contributed by atoms with E-state index in [1.165, 1.54) is 11.3 Å². The highest BCUT2D eigenvalue weighted by Crippen LogP contribution is 2.32. The van der Waals surface area contributed by atoms with Gasteiger partial charge in [-0.25, -0.2) is 4.79 Å². The Labute approximate surface area is 130 Å². The summed E-state index contributed by atoms with van der Waals surface area (Å²) in [5.74, 6) is -1.13. The van der Waals surface area contributed by atoms with E-state index in [9.17, 15) is 9.59 Å². The zero-order chi connectivity index (χ0) is 15.0. The standard InChI is InChI=1S/C15H12ClNO3S/c16-10-6-13(21-7-10)14(18)17-12-4-3-8-1-2-9(15(19)20)5-11(8)12/h1-2,5-7,12H,3-4H2,(H,17,18)(H,19,20). The number of aromatic carboxylic acids is 1. The average Bonchev–Trinajstić information content (AvgIpc) is 3.05. The number of aryl methyl sites for hydroxylation is 1. The van der Waals surface area contributed by atoms with Crippen LogP contribution in [0.5, 0.6) is 0 Å². The summed E-state index contributed by atoms with van der Waals surface area (Å²) in [6.45, 7) is 0. The normalized spacial score (nSPS) is 16.5. The summed E-state index contributed by atoms with van der Waals surface area (Å²) in [6, 6.07) is 6.56. The minimum atomic E-state index is -0.959. The van der Waals surface area contributed by atoms with Crippen LogP contribution in [0.1, 0.15) is 43.6 Å². The largest absolute Gasteiger partial charge is 0.478 e. The molecule has 0 fully saturated rings. The third-order valence-electron chi connectivity index (χ3n) is 3.57. The first kappa shape index (κ1) is 14.1. The molecule has 1 atom stereocenters. The Morgan fingerprint density at radius 2 is 2.14 bits per heavy atom. The van der Waals surface area contributed by atoms with Crippen molar-refractivity contribution in [3.63, 3.8) is 0 Å². The van der Waals surface area contributed by atoms with Gasteiger partial charge in [0.25, 0.3) is 5.91 Å². The molecule has 4 nitrogen and oxygen atoms in total. The zero-order valence-corrected chi connectivity index (χ0v) is 12.5. The van der Waals surface area contributed by atoms with E-state index in [2.05, 4.69) is 5.32 Å². The molecule has 3 rings (SSSR count). The van der Waals surface area contributed by atoms with Gasteiger partial charge in [-0.2, -0.15) is 0 Å². The second kappa shape index (κ2) is 5.50. The van der Waals surface area contributed by atoms with Crippen LogP contribution in [-0.4, -0.2) is 17.0 Å². The molecular formula is C15H12ClNO3S. The van der Waals surface area contributed by atoms with Gasteiger partial charge in [-0.15, -0.1) is 11.3 Å². The van der Waals surface area contributed by atoms with Crippen molar-refractivity contribution in [3.8, 4) is 0 Å². The maximum absolute atomic E-state index is 12.2. The topological polar surface area (TPSA) is 66.4 Å². The summed E-state index contributed by atoms with van der Waals surface area (Å²) in [5.41, 5.74) is 2.23. The second-order valence-corrected chi connectivity index (χ2v) is 6.26. The lowest BCUT2D eigenvalue weighted by atomic mass is 10.0. The number of hydrogen-bond acceptors (Lipinski definition) is 3. The monoisotopic (exact) mass is 321 g/mol. The molecule has 21 heavy (non-hydrogen) atoms. The Bertz CT molecular complexity index is 725. The molecule has 1 aliphatic rings. The van der Waals surface area contributed by atoms with Gasteiger partial charge in [-0.3, -0.25) is 4.79 Å². The number of carbonyl (C=O) groups excluding carboxylic acids is 1. The van der Waals surface area contributed by atoms with Gasteiger partial charge in [0.05, 0.1) is 21.5 Å². The Balaban J connectivity index is 1.82. The predicted octanol–water partition coefficient (Wildman–Crippen LogP) is 3.52. The summed E-state index contributed by atoms with van der Waals surface area (Å²) in [4.78, 5) is 23.8. The van der Waals surface area contributed by atoms with Crippen LogP contribution < -0.4 is 5.32 Å². The molecule has 1 heterocycles. The smallest absolute Gasteiger partial charge is 0.335 e. The number of fused-ring (bicyclic) bond motifs is 1. The van der Waals surface area contributed by atoms with Crippen LogP contribution >= 0.6 is 22.9 Å². The van der Waals surface area contributed by atoms with Crippen LogP contribution in [0, 0.1) is 0 Å². The summed E-state index contributed by atoms with van der Waals surface area (Å²) in [7, 11) is 0. The lowest BCUT2D eigenvalue weighted by Crippen LogP contribution is -2.26. The van der Waals surface area contributed by atoms with Gasteiger partial charge in [0.2, 0.25) is 0 Å². The van der Waals surface area contributed by atoms with E-state index in [-0.39, 0.29) is 17.5 Å². The molecule has 0 saturated carbocycles. The highest BCUT2D eigenvalue weighted by molar-refractivity contribution is 7.12. The van der Waals surface area contributed by atoms with Crippen molar-refractivity contribution in [2.75, 3.05) is 0 Å². The molecule has 0 aliphatic heterocycles.